The van der Waals surface area contributed by atoms with E-state index in [-0.39, 0.29) is 5.41 Å². The second kappa shape index (κ2) is 7.81. The van der Waals surface area contributed by atoms with Crippen molar-refractivity contribution in [1.29, 1.82) is 0 Å². The van der Waals surface area contributed by atoms with Crippen LogP contribution in [-0.4, -0.2) is 20.3 Å². The van der Waals surface area contributed by atoms with Crippen LogP contribution in [0, 0.1) is 0 Å². The third-order valence-corrected chi connectivity index (χ3v) is 4.37. The van der Waals surface area contributed by atoms with Crippen LogP contribution in [0.3, 0.4) is 0 Å². The molecular weight excluding hydrogens is 397 g/mol. The lowest BCUT2D eigenvalue weighted by Gasteiger charge is -2.14. The Balaban J connectivity index is 1.90. The highest BCUT2D eigenvalue weighted by atomic mass is 19.4. The van der Waals surface area contributed by atoms with E-state index in [4.69, 9.17) is 0 Å². The van der Waals surface area contributed by atoms with Crippen LogP contribution in [0.4, 0.5) is 19.0 Å². The number of para-hydroxylation sites is 1. The Hall–Kier alpha value is -3.36. The summed E-state index contributed by atoms with van der Waals surface area (Å²) in [6, 6.07) is 12.3. The molecule has 30 heavy (non-hydrogen) atoms. The summed E-state index contributed by atoms with van der Waals surface area (Å²) in [6.07, 6.45) is -3.98. The fraction of sp³-hybridized carbons (Fsp3) is 0.286. The minimum atomic E-state index is -4.61. The second-order valence-electron chi connectivity index (χ2n) is 7.84. The zero-order chi connectivity index (χ0) is 22.1. The van der Waals surface area contributed by atoms with Crippen molar-refractivity contribution in [1.82, 2.24) is 14.3 Å². The van der Waals surface area contributed by atoms with Gasteiger partial charge in [-0.05, 0) is 18.2 Å². The number of halogens is 3. The number of carbonyl (C=O) groups excluding carboxylic acids is 1. The number of nitrogens with one attached hydrogen (secondary N) is 1. The molecule has 0 saturated carbocycles. The number of amides is 1. The van der Waals surface area contributed by atoms with Crippen LogP contribution in [-0.2, 0) is 22.9 Å². The van der Waals surface area contributed by atoms with Gasteiger partial charge in [0.1, 0.15) is 12.4 Å². The lowest BCUT2D eigenvalue weighted by molar-refractivity contribution is -0.138. The minimum absolute atomic E-state index is 0.294. The molecule has 0 radical (unpaired) electrons. The van der Waals surface area contributed by atoms with E-state index < -0.39 is 29.8 Å². The first kappa shape index (κ1) is 21.4. The predicted octanol–water partition coefficient (Wildman–Crippen LogP) is 3.99. The first-order valence-corrected chi connectivity index (χ1v) is 9.18. The molecule has 0 fully saturated rings. The van der Waals surface area contributed by atoms with Crippen LogP contribution in [0.1, 0.15) is 32.0 Å². The highest BCUT2D eigenvalue weighted by Gasteiger charge is 2.31. The van der Waals surface area contributed by atoms with Crippen molar-refractivity contribution in [3.8, 4) is 5.69 Å². The number of anilines is 1. The molecule has 0 aliphatic rings. The zero-order valence-electron chi connectivity index (χ0n) is 16.7. The number of nitrogens with zero attached hydrogens (tertiary/aromatic N) is 3. The number of alkyl halides is 3. The molecule has 0 unspecified atom stereocenters. The number of hydrogen-bond acceptors (Lipinski definition) is 3. The van der Waals surface area contributed by atoms with Gasteiger partial charge in [0.25, 0.3) is 5.56 Å². The quantitative estimate of drug-likeness (QED) is 0.697. The summed E-state index contributed by atoms with van der Waals surface area (Å²) in [5.41, 5.74) is -0.570. The van der Waals surface area contributed by atoms with Crippen molar-refractivity contribution >= 4 is 11.7 Å². The van der Waals surface area contributed by atoms with Gasteiger partial charge in [0.2, 0.25) is 5.91 Å². The molecule has 1 aromatic carbocycles. The van der Waals surface area contributed by atoms with Gasteiger partial charge in [-0.2, -0.15) is 18.3 Å². The van der Waals surface area contributed by atoms with Crippen LogP contribution in [0.2, 0.25) is 0 Å². The smallest absolute Gasteiger partial charge is 0.309 e. The summed E-state index contributed by atoms with van der Waals surface area (Å²) < 4.78 is 41.0. The molecule has 0 spiro atoms. The SMILES string of the molecule is CC(C)(C)c1cc(NC(=O)Cn2cc(C(F)(F)F)ccc2=O)n(-c2ccccc2)n1. The van der Waals surface area contributed by atoms with Crippen LogP contribution < -0.4 is 10.9 Å². The van der Waals surface area contributed by atoms with E-state index in [2.05, 4.69) is 10.4 Å². The number of hydrogen-bond donors (Lipinski definition) is 1. The lowest BCUT2D eigenvalue weighted by atomic mass is 9.92. The molecule has 0 saturated heterocycles. The Bertz CT molecular complexity index is 1110. The van der Waals surface area contributed by atoms with Crippen molar-refractivity contribution in [2.75, 3.05) is 5.32 Å². The molecule has 0 atom stereocenters. The average molecular weight is 418 g/mol. The van der Waals surface area contributed by atoms with Gasteiger partial charge >= 0.3 is 6.18 Å². The van der Waals surface area contributed by atoms with E-state index >= 15 is 0 Å². The predicted molar refractivity (Wildman–Crippen MR) is 107 cm³/mol. The van der Waals surface area contributed by atoms with Gasteiger partial charge < -0.3 is 9.88 Å². The molecule has 1 N–H and O–H groups in total. The molecule has 2 heterocycles. The third kappa shape index (κ3) is 4.79. The summed E-state index contributed by atoms with van der Waals surface area (Å²) >= 11 is 0. The van der Waals surface area contributed by atoms with Gasteiger partial charge in [-0.15, -0.1) is 0 Å². The third-order valence-electron chi connectivity index (χ3n) is 4.37. The zero-order valence-corrected chi connectivity index (χ0v) is 16.7. The average Bonchev–Trinajstić information content (AvgIpc) is 3.07. The maximum Gasteiger partial charge on any atom is 0.417 e. The second-order valence-corrected chi connectivity index (χ2v) is 7.84. The summed E-state index contributed by atoms with van der Waals surface area (Å²) in [6.45, 7) is 5.35. The Labute approximate surface area is 171 Å². The fourth-order valence-corrected chi connectivity index (χ4v) is 2.76. The fourth-order valence-electron chi connectivity index (χ4n) is 2.76. The van der Waals surface area contributed by atoms with E-state index in [1.165, 1.54) is 0 Å². The molecule has 6 nitrogen and oxygen atoms in total. The van der Waals surface area contributed by atoms with Gasteiger partial charge in [0, 0.05) is 23.7 Å². The molecular formula is C21H21F3N4O2. The summed E-state index contributed by atoms with van der Waals surface area (Å²) in [5, 5.41) is 7.22. The monoisotopic (exact) mass is 418 g/mol. The van der Waals surface area contributed by atoms with Crippen molar-refractivity contribution in [2.45, 2.75) is 38.9 Å². The molecule has 9 heteroatoms. The highest BCUT2D eigenvalue weighted by molar-refractivity contribution is 5.90. The molecule has 2 aromatic heterocycles. The van der Waals surface area contributed by atoms with E-state index in [9.17, 15) is 22.8 Å². The van der Waals surface area contributed by atoms with Gasteiger partial charge in [0.15, 0.2) is 0 Å². The molecule has 1 amide bonds. The maximum absolute atomic E-state index is 12.9. The molecule has 158 valence electrons. The Morgan fingerprint density at radius 3 is 2.33 bits per heavy atom. The number of carbonyl (C=O) groups is 1. The van der Waals surface area contributed by atoms with Crippen molar-refractivity contribution in [2.24, 2.45) is 0 Å². The van der Waals surface area contributed by atoms with Gasteiger partial charge in [-0.1, -0.05) is 39.0 Å². The first-order valence-electron chi connectivity index (χ1n) is 9.18. The molecule has 3 aromatic rings. The van der Waals surface area contributed by atoms with E-state index in [1.807, 2.05) is 51.1 Å². The standard InChI is InChI=1S/C21H21F3N4O2/c1-20(2,3)16-11-17(28(26-16)15-7-5-4-6-8-15)25-18(29)13-27-12-14(21(22,23)24)9-10-19(27)30/h4-12H,13H2,1-3H3,(H,25,29). The Morgan fingerprint density at radius 2 is 1.73 bits per heavy atom. The van der Waals surface area contributed by atoms with E-state index in [1.54, 1.807) is 10.7 Å². The van der Waals surface area contributed by atoms with Crippen molar-refractivity contribution in [3.05, 3.63) is 76.3 Å². The number of rotatable bonds is 4. The van der Waals surface area contributed by atoms with Crippen molar-refractivity contribution in [3.63, 3.8) is 0 Å². The number of pyridine rings is 1. The molecule has 3 rings (SSSR count). The van der Waals surface area contributed by atoms with Gasteiger partial charge in [-0.25, -0.2) is 4.68 Å². The van der Waals surface area contributed by atoms with Gasteiger partial charge in [-0.3, -0.25) is 9.59 Å². The molecule has 0 aliphatic heterocycles. The molecule has 0 bridgehead atoms. The first-order chi connectivity index (χ1) is 13.9. The number of benzene rings is 1. The van der Waals surface area contributed by atoms with Crippen molar-refractivity contribution < 1.29 is 18.0 Å². The largest absolute Gasteiger partial charge is 0.417 e. The summed E-state index contributed by atoms with van der Waals surface area (Å²) in [7, 11) is 0. The lowest BCUT2D eigenvalue weighted by Crippen LogP contribution is -2.28. The topological polar surface area (TPSA) is 68.9 Å². The maximum atomic E-state index is 12.9. The highest BCUT2D eigenvalue weighted by Crippen LogP contribution is 2.28. The normalized spacial score (nSPS) is 12.1. The minimum Gasteiger partial charge on any atom is -0.309 e. The van der Waals surface area contributed by atoms with Crippen LogP contribution in [0.5, 0.6) is 0 Å². The van der Waals surface area contributed by atoms with E-state index in [0.29, 0.717) is 23.8 Å². The van der Waals surface area contributed by atoms with Gasteiger partial charge in [0.05, 0.1) is 16.9 Å². The Morgan fingerprint density at radius 1 is 1.07 bits per heavy atom. The van der Waals surface area contributed by atoms with Crippen LogP contribution >= 0.6 is 0 Å². The van der Waals surface area contributed by atoms with E-state index in [0.717, 1.165) is 16.3 Å². The summed E-state index contributed by atoms with van der Waals surface area (Å²) in [5.74, 6) is -0.287. The molecule has 0 aliphatic carbocycles. The van der Waals surface area contributed by atoms with Crippen LogP contribution in [0.15, 0.2) is 59.5 Å². The summed E-state index contributed by atoms with van der Waals surface area (Å²) in [4.78, 5) is 24.5. The Kier molecular flexibility index (Phi) is 5.56. The number of aromatic nitrogens is 3. The van der Waals surface area contributed by atoms with Crippen LogP contribution in [0.25, 0.3) is 5.69 Å².